The monoisotopic (exact) mass is 938 g/mol. The molecule has 5 aromatic carbocycles. The number of benzene rings is 5. The van der Waals surface area contributed by atoms with Gasteiger partial charge in [-0.05, 0) is 93.1 Å². The van der Waals surface area contributed by atoms with Crippen LogP contribution in [-0.4, -0.2) is 26.1 Å². The van der Waals surface area contributed by atoms with Crippen LogP contribution in [-0.2, 0) is 26.5 Å². The standard InChI is InChI=1S/C50H43N6O.Pt/c1-30-20-32(3)47-41(22-30)42-23-31(2)21-33(4)48(42)55(47)35-17-19-51-46(27-35)56-43-13-10-9-12-39(43)40-16-15-37(28-45(40)56)57-38-25-34(50(5,6)7)24-36(26-38)54-29-53(8)44-14-11-18-52-49(44)54;/h9-25,27,29H,1-8H3;/q-3;. The van der Waals surface area contributed by atoms with E-state index in [0.29, 0.717) is 11.5 Å². The molecule has 0 radical (unpaired) electrons. The Morgan fingerprint density at radius 2 is 1.38 bits per heavy atom. The van der Waals surface area contributed by atoms with E-state index in [2.05, 4.69) is 164 Å². The van der Waals surface area contributed by atoms with E-state index in [1.807, 2.05) is 38.2 Å². The fraction of sp³-hybridized carbons (Fsp3) is 0.180. The Bertz CT molecular complexity index is 3030. The second-order valence-corrected chi connectivity index (χ2v) is 16.5. The summed E-state index contributed by atoms with van der Waals surface area (Å²) in [7, 11) is 2.03. The average Bonchev–Trinajstić information content (AvgIpc) is 3.82. The zero-order valence-electron chi connectivity index (χ0n) is 33.9. The summed E-state index contributed by atoms with van der Waals surface area (Å²) in [5.74, 6) is 2.87. The van der Waals surface area contributed by atoms with Crippen molar-refractivity contribution in [1.29, 1.82) is 0 Å². The van der Waals surface area contributed by atoms with Crippen molar-refractivity contribution in [3.05, 3.63) is 156 Å². The molecule has 9 aromatic rings. The van der Waals surface area contributed by atoms with Crippen molar-refractivity contribution < 1.29 is 25.8 Å². The number of nitrogens with zero attached hydrogens (tertiary/aromatic N) is 6. The van der Waals surface area contributed by atoms with Gasteiger partial charge in [0, 0.05) is 73.0 Å². The molecule has 1 aliphatic rings. The molecule has 292 valence electrons. The predicted octanol–water partition coefficient (Wildman–Crippen LogP) is 12.3. The molecule has 0 amide bonds. The minimum atomic E-state index is -0.136. The normalized spacial score (nSPS) is 12.9. The number of ether oxygens (including phenoxy) is 1. The Hall–Kier alpha value is -5.91. The molecule has 0 atom stereocenters. The van der Waals surface area contributed by atoms with E-state index in [1.54, 1.807) is 0 Å². The summed E-state index contributed by atoms with van der Waals surface area (Å²) >= 11 is 0. The van der Waals surface area contributed by atoms with E-state index in [-0.39, 0.29) is 26.5 Å². The van der Waals surface area contributed by atoms with Crippen LogP contribution >= 0.6 is 0 Å². The van der Waals surface area contributed by atoms with Gasteiger partial charge in [-0.15, -0.1) is 41.3 Å². The van der Waals surface area contributed by atoms with Gasteiger partial charge < -0.3 is 23.7 Å². The van der Waals surface area contributed by atoms with Crippen molar-refractivity contribution in [3.63, 3.8) is 0 Å². The molecule has 1 aliphatic heterocycles. The van der Waals surface area contributed by atoms with Gasteiger partial charge in [0.15, 0.2) is 0 Å². The molecule has 58 heavy (non-hydrogen) atoms. The number of hydrogen-bond acceptors (Lipinski definition) is 5. The van der Waals surface area contributed by atoms with Gasteiger partial charge in [-0.2, -0.15) is 12.7 Å². The van der Waals surface area contributed by atoms with E-state index >= 15 is 0 Å². The number of hydrogen-bond donors (Lipinski definition) is 0. The third-order valence-corrected chi connectivity index (χ3v) is 11.2. The van der Waals surface area contributed by atoms with E-state index in [9.17, 15) is 0 Å². The van der Waals surface area contributed by atoms with Crippen molar-refractivity contribution >= 4 is 60.8 Å². The van der Waals surface area contributed by atoms with Crippen LogP contribution in [0.25, 0.3) is 55.1 Å². The molecule has 0 bridgehead atoms. The Labute approximate surface area is 353 Å². The van der Waals surface area contributed by atoms with Gasteiger partial charge >= 0.3 is 0 Å². The second kappa shape index (κ2) is 13.9. The van der Waals surface area contributed by atoms with Crippen molar-refractivity contribution in [2.24, 2.45) is 0 Å². The maximum Gasteiger partial charge on any atom is 0.137 e. The van der Waals surface area contributed by atoms with Crippen molar-refractivity contribution in [3.8, 4) is 23.0 Å². The van der Waals surface area contributed by atoms with Crippen LogP contribution in [0.1, 0.15) is 48.6 Å². The first-order chi connectivity index (χ1) is 27.4. The van der Waals surface area contributed by atoms with Gasteiger partial charge in [0.2, 0.25) is 0 Å². The number of para-hydroxylation sites is 1. The first-order valence-electron chi connectivity index (χ1n) is 19.5. The Balaban J connectivity index is 0.00000436. The first kappa shape index (κ1) is 37.7. The van der Waals surface area contributed by atoms with Gasteiger partial charge in [0.05, 0.1) is 16.7 Å². The third kappa shape index (κ3) is 6.06. The number of pyridine rings is 2. The Morgan fingerprint density at radius 3 is 2.10 bits per heavy atom. The molecule has 0 aliphatic carbocycles. The summed E-state index contributed by atoms with van der Waals surface area (Å²) < 4.78 is 11.4. The smallest absolute Gasteiger partial charge is 0.137 e. The molecular formula is C50H43N6OPt-3. The summed E-state index contributed by atoms with van der Waals surface area (Å²) in [4.78, 5) is 13.9. The van der Waals surface area contributed by atoms with E-state index in [4.69, 9.17) is 14.7 Å². The van der Waals surface area contributed by atoms with E-state index in [1.165, 1.54) is 44.1 Å². The SMILES string of the molecule is Cc1cc(C)c2c(c1)c1cc(C)cc(C)c1n2-c1ccnc(-n2c3[c-]c(Oc4[c-]c(N5[CH-]N(C)c6cccnc65)cc(C(C)(C)C)c4)ccc3c3ccccc32)c1.[Pt]. The van der Waals surface area contributed by atoms with Gasteiger partial charge in [-0.1, -0.05) is 73.4 Å². The molecule has 5 heterocycles. The zero-order chi connectivity index (χ0) is 39.3. The summed E-state index contributed by atoms with van der Waals surface area (Å²) in [6, 6.07) is 41.7. The molecule has 0 saturated heterocycles. The molecule has 8 heteroatoms. The molecule has 7 nitrogen and oxygen atoms in total. The third-order valence-electron chi connectivity index (χ3n) is 11.2. The van der Waals surface area contributed by atoms with Crippen molar-refractivity contribution in [2.45, 2.75) is 53.9 Å². The number of fused-ring (bicyclic) bond motifs is 7. The van der Waals surface area contributed by atoms with Gasteiger partial charge in [-0.25, -0.2) is 9.97 Å². The maximum atomic E-state index is 6.73. The molecule has 10 rings (SSSR count). The minimum absolute atomic E-state index is 0. The molecule has 0 fully saturated rings. The maximum absolute atomic E-state index is 6.73. The van der Waals surface area contributed by atoms with Crippen LogP contribution in [0, 0.1) is 46.5 Å². The summed E-state index contributed by atoms with van der Waals surface area (Å²) in [5.41, 5.74) is 13.3. The minimum Gasteiger partial charge on any atom is -0.509 e. The largest absolute Gasteiger partial charge is 0.509 e. The fourth-order valence-corrected chi connectivity index (χ4v) is 8.72. The van der Waals surface area contributed by atoms with Gasteiger partial charge in [0.1, 0.15) is 11.6 Å². The number of anilines is 3. The molecule has 4 aromatic heterocycles. The van der Waals surface area contributed by atoms with E-state index < -0.39 is 0 Å². The van der Waals surface area contributed by atoms with Crippen LogP contribution in [0.3, 0.4) is 0 Å². The van der Waals surface area contributed by atoms with Crippen molar-refractivity contribution in [1.82, 2.24) is 19.1 Å². The number of aromatic nitrogens is 4. The molecular weight excluding hydrogens is 896 g/mol. The van der Waals surface area contributed by atoms with Crippen LogP contribution in [0.15, 0.2) is 109 Å². The van der Waals surface area contributed by atoms with Crippen molar-refractivity contribution in [2.75, 3.05) is 16.8 Å². The average molecular weight is 939 g/mol. The van der Waals surface area contributed by atoms with Crippen LogP contribution < -0.4 is 14.5 Å². The fourth-order valence-electron chi connectivity index (χ4n) is 8.72. The zero-order valence-corrected chi connectivity index (χ0v) is 36.1. The molecule has 0 spiro atoms. The van der Waals surface area contributed by atoms with E-state index in [0.717, 1.165) is 56.1 Å². The molecule has 0 N–H and O–H groups in total. The molecule has 0 saturated carbocycles. The topological polar surface area (TPSA) is 51.4 Å². The van der Waals surface area contributed by atoms with Crippen LogP contribution in [0.5, 0.6) is 11.5 Å². The predicted molar refractivity (Wildman–Crippen MR) is 234 cm³/mol. The van der Waals surface area contributed by atoms with Crippen LogP contribution in [0.4, 0.5) is 17.2 Å². The number of aryl methyl sites for hydroxylation is 4. The quantitative estimate of drug-likeness (QED) is 0.161. The Morgan fingerprint density at radius 1 is 0.655 bits per heavy atom. The number of rotatable bonds is 5. The Kier molecular flexibility index (Phi) is 9.01. The summed E-state index contributed by atoms with van der Waals surface area (Å²) in [5, 5.41) is 4.74. The second-order valence-electron chi connectivity index (χ2n) is 16.5. The summed E-state index contributed by atoms with van der Waals surface area (Å²) in [6.07, 6.45) is 3.75. The van der Waals surface area contributed by atoms with Crippen LogP contribution in [0.2, 0.25) is 0 Å². The van der Waals surface area contributed by atoms with Gasteiger partial charge in [-0.3, -0.25) is 0 Å². The molecule has 0 unspecified atom stereocenters. The van der Waals surface area contributed by atoms with Gasteiger partial charge in [0.25, 0.3) is 0 Å². The summed E-state index contributed by atoms with van der Waals surface area (Å²) in [6.45, 7) is 17.5. The first-order valence-corrected chi connectivity index (χ1v) is 19.5.